The second-order valence-electron chi connectivity index (χ2n) is 9.50. The predicted octanol–water partition coefficient (Wildman–Crippen LogP) is 2.56. The lowest BCUT2D eigenvalue weighted by Crippen LogP contribution is -2.57. The molecule has 1 unspecified atom stereocenters. The van der Waals surface area contributed by atoms with Gasteiger partial charge in [-0.25, -0.2) is 0 Å². The molecule has 1 atom stereocenters. The maximum absolute atomic E-state index is 13.5. The molecular weight excluding hydrogens is 344 g/mol. The Labute approximate surface area is 161 Å². The van der Waals surface area contributed by atoms with Crippen molar-refractivity contribution in [3.8, 4) is 0 Å². The Kier molecular flexibility index (Phi) is 5.17. The third kappa shape index (κ3) is 3.72. The summed E-state index contributed by atoms with van der Waals surface area (Å²) < 4.78 is 0. The fourth-order valence-electron chi connectivity index (χ4n) is 6.69. The summed E-state index contributed by atoms with van der Waals surface area (Å²) in [6.45, 7) is 1.19. The van der Waals surface area contributed by atoms with E-state index in [0.717, 1.165) is 49.9 Å². The molecular formula is C21H32N2O4. The molecule has 27 heavy (non-hydrogen) atoms. The third-order valence-corrected chi connectivity index (χ3v) is 7.42. The van der Waals surface area contributed by atoms with Crippen molar-refractivity contribution in [1.29, 1.82) is 0 Å². The highest BCUT2D eigenvalue weighted by Gasteiger charge is 2.56. The number of hydrogen-bond acceptors (Lipinski definition) is 3. The number of unbranched alkanes of at least 4 members (excludes halogenated alkanes) is 1. The van der Waals surface area contributed by atoms with Gasteiger partial charge in [0.1, 0.15) is 6.04 Å². The van der Waals surface area contributed by atoms with Crippen molar-refractivity contribution in [2.24, 2.45) is 23.2 Å². The van der Waals surface area contributed by atoms with Crippen LogP contribution in [0, 0.1) is 23.2 Å². The molecule has 5 rings (SSSR count). The quantitative estimate of drug-likeness (QED) is 0.669. The number of carbonyl (C=O) groups is 3. The van der Waals surface area contributed by atoms with Gasteiger partial charge < -0.3 is 15.3 Å². The van der Waals surface area contributed by atoms with Crippen molar-refractivity contribution >= 4 is 17.8 Å². The van der Waals surface area contributed by atoms with E-state index in [2.05, 4.69) is 5.32 Å². The van der Waals surface area contributed by atoms with Crippen molar-refractivity contribution in [2.45, 2.75) is 76.7 Å². The van der Waals surface area contributed by atoms with E-state index in [0.29, 0.717) is 25.9 Å². The summed E-state index contributed by atoms with van der Waals surface area (Å²) in [4.78, 5) is 38.7. The summed E-state index contributed by atoms with van der Waals surface area (Å²) in [6.07, 6.45) is 10.1. The first kappa shape index (κ1) is 18.8. The van der Waals surface area contributed by atoms with Gasteiger partial charge in [0.2, 0.25) is 11.8 Å². The number of nitrogens with zero attached hydrogens (tertiary/aromatic N) is 1. The van der Waals surface area contributed by atoms with E-state index >= 15 is 0 Å². The predicted molar refractivity (Wildman–Crippen MR) is 99.8 cm³/mol. The summed E-state index contributed by atoms with van der Waals surface area (Å²) in [6, 6.07) is -0.329. The molecule has 4 aliphatic carbocycles. The molecule has 1 saturated heterocycles. The van der Waals surface area contributed by atoms with Crippen LogP contribution in [0.15, 0.2) is 0 Å². The second-order valence-corrected chi connectivity index (χ2v) is 9.50. The fourth-order valence-corrected chi connectivity index (χ4v) is 6.69. The van der Waals surface area contributed by atoms with Gasteiger partial charge in [-0.2, -0.15) is 0 Å². The first-order valence-electron chi connectivity index (χ1n) is 10.8. The Bertz CT molecular complexity index is 582. The fraction of sp³-hybridized carbons (Fsp3) is 0.857. The number of carbonyl (C=O) groups excluding carboxylic acids is 2. The summed E-state index contributed by atoms with van der Waals surface area (Å²) in [5, 5.41) is 11.6. The summed E-state index contributed by atoms with van der Waals surface area (Å²) >= 11 is 0. The summed E-state index contributed by atoms with van der Waals surface area (Å²) in [7, 11) is 0. The molecule has 1 heterocycles. The molecule has 0 aromatic heterocycles. The number of amides is 2. The maximum Gasteiger partial charge on any atom is 0.303 e. The van der Waals surface area contributed by atoms with Crippen LogP contribution in [-0.2, 0) is 14.4 Å². The van der Waals surface area contributed by atoms with Crippen molar-refractivity contribution in [2.75, 3.05) is 13.1 Å². The normalized spacial score (nSPS) is 36.8. The first-order chi connectivity index (χ1) is 13.0. The molecule has 0 aromatic rings. The number of likely N-dealkylation sites (tertiary alicyclic amines) is 1. The molecule has 0 spiro atoms. The standard InChI is InChI=1S/C21H32N2O4/c24-18(25)5-1-2-6-22-19(26)17-4-3-7-23(17)20(27)21-11-14-8-15(12-21)10-16(9-14)13-21/h14-17H,1-13H2,(H,22,26)(H,24,25). The molecule has 2 amide bonds. The minimum atomic E-state index is -0.801. The molecule has 2 N–H and O–H groups in total. The van der Waals surface area contributed by atoms with Crippen LogP contribution in [0.1, 0.15) is 70.6 Å². The van der Waals surface area contributed by atoms with Crippen LogP contribution in [0.2, 0.25) is 0 Å². The van der Waals surface area contributed by atoms with Gasteiger partial charge in [-0.3, -0.25) is 14.4 Å². The highest BCUT2D eigenvalue weighted by Crippen LogP contribution is 2.60. The van der Waals surface area contributed by atoms with Crippen molar-refractivity contribution in [1.82, 2.24) is 10.2 Å². The summed E-state index contributed by atoms with van der Waals surface area (Å²) in [5.41, 5.74) is -0.181. The molecule has 1 aliphatic heterocycles. The van der Waals surface area contributed by atoms with Crippen molar-refractivity contribution < 1.29 is 19.5 Å². The number of aliphatic carboxylic acids is 1. The Hall–Kier alpha value is -1.59. The number of nitrogens with one attached hydrogen (secondary N) is 1. The zero-order chi connectivity index (χ0) is 19.0. The topological polar surface area (TPSA) is 86.7 Å². The summed E-state index contributed by atoms with van der Waals surface area (Å²) in [5.74, 6) is 1.58. The highest BCUT2D eigenvalue weighted by atomic mass is 16.4. The SMILES string of the molecule is O=C(O)CCCCNC(=O)C1CCCN1C(=O)C12CC3CC(CC(C3)C1)C2. The van der Waals surface area contributed by atoms with E-state index in [-0.39, 0.29) is 29.7 Å². The zero-order valence-electron chi connectivity index (χ0n) is 16.1. The Morgan fingerprint density at radius 1 is 1.00 bits per heavy atom. The van der Waals surface area contributed by atoms with E-state index in [1.165, 1.54) is 19.3 Å². The minimum Gasteiger partial charge on any atom is -0.481 e. The van der Waals surface area contributed by atoms with Gasteiger partial charge in [0, 0.05) is 19.5 Å². The average molecular weight is 376 g/mol. The van der Waals surface area contributed by atoms with E-state index < -0.39 is 5.97 Å². The molecule has 4 bridgehead atoms. The third-order valence-electron chi connectivity index (χ3n) is 7.42. The monoisotopic (exact) mass is 376 g/mol. The van der Waals surface area contributed by atoms with Gasteiger partial charge in [0.05, 0.1) is 5.41 Å². The van der Waals surface area contributed by atoms with Crippen LogP contribution >= 0.6 is 0 Å². The smallest absolute Gasteiger partial charge is 0.303 e. The zero-order valence-corrected chi connectivity index (χ0v) is 16.1. The van der Waals surface area contributed by atoms with Gasteiger partial charge in [-0.05, 0) is 82.0 Å². The molecule has 6 nitrogen and oxygen atoms in total. The van der Waals surface area contributed by atoms with Crippen molar-refractivity contribution in [3.63, 3.8) is 0 Å². The van der Waals surface area contributed by atoms with Crippen LogP contribution in [0.25, 0.3) is 0 Å². The molecule has 0 aromatic carbocycles. The van der Waals surface area contributed by atoms with Crippen LogP contribution in [0.3, 0.4) is 0 Å². The lowest BCUT2D eigenvalue weighted by molar-refractivity contribution is -0.160. The lowest BCUT2D eigenvalue weighted by Gasteiger charge is -2.56. The van der Waals surface area contributed by atoms with Crippen molar-refractivity contribution in [3.05, 3.63) is 0 Å². The van der Waals surface area contributed by atoms with E-state index in [1.54, 1.807) is 0 Å². The van der Waals surface area contributed by atoms with Crippen LogP contribution in [0.5, 0.6) is 0 Å². The maximum atomic E-state index is 13.5. The van der Waals surface area contributed by atoms with Gasteiger partial charge in [-0.1, -0.05) is 0 Å². The van der Waals surface area contributed by atoms with E-state index in [9.17, 15) is 14.4 Å². The number of rotatable bonds is 7. The number of carboxylic acids is 1. The Morgan fingerprint density at radius 2 is 1.63 bits per heavy atom. The van der Waals surface area contributed by atoms with E-state index in [1.807, 2.05) is 4.90 Å². The largest absolute Gasteiger partial charge is 0.481 e. The molecule has 150 valence electrons. The average Bonchev–Trinajstić information content (AvgIpc) is 3.08. The lowest BCUT2D eigenvalue weighted by atomic mass is 9.49. The molecule has 6 heteroatoms. The van der Waals surface area contributed by atoms with E-state index in [4.69, 9.17) is 5.11 Å². The van der Waals surface area contributed by atoms with Gasteiger partial charge in [-0.15, -0.1) is 0 Å². The van der Waals surface area contributed by atoms with Crippen LogP contribution in [0.4, 0.5) is 0 Å². The molecule has 4 saturated carbocycles. The minimum absolute atomic E-state index is 0.0547. The van der Waals surface area contributed by atoms with Gasteiger partial charge in [0.25, 0.3) is 0 Å². The molecule has 5 fully saturated rings. The van der Waals surface area contributed by atoms with Crippen LogP contribution < -0.4 is 5.32 Å². The Morgan fingerprint density at radius 3 is 2.22 bits per heavy atom. The highest BCUT2D eigenvalue weighted by molar-refractivity contribution is 5.91. The van der Waals surface area contributed by atoms with Gasteiger partial charge in [0.15, 0.2) is 0 Å². The number of hydrogen-bond donors (Lipinski definition) is 2. The number of carboxylic acid groups (broad SMARTS) is 1. The first-order valence-corrected chi connectivity index (χ1v) is 10.8. The molecule has 0 radical (unpaired) electrons. The Balaban J connectivity index is 1.34. The van der Waals surface area contributed by atoms with Crippen LogP contribution in [-0.4, -0.2) is 46.9 Å². The molecule has 5 aliphatic rings. The van der Waals surface area contributed by atoms with Gasteiger partial charge >= 0.3 is 5.97 Å². The second kappa shape index (κ2) is 7.44.